The average Bonchev–Trinajstić information content (AvgIpc) is 3.12. The summed E-state index contributed by atoms with van der Waals surface area (Å²) in [5, 5.41) is 0. The zero-order valence-corrected chi connectivity index (χ0v) is 19.6. The second-order valence-corrected chi connectivity index (χ2v) is 6.47. The van der Waals surface area contributed by atoms with Gasteiger partial charge < -0.3 is 37.2 Å². The predicted molar refractivity (Wildman–Crippen MR) is 105 cm³/mol. The molecule has 0 spiro atoms. The minimum absolute atomic E-state index is 0. The molecule has 4 aromatic rings. The summed E-state index contributed by atoms with van der Waals surface area (Å²) in [4.78, 5) is 0. The van der Waals surface area contributed by atoms with Gasteiger partial charge in [0.25, 0.3) is 0 Å². The van der Waals surface area contributed by atoms with Gasteiger partial charge in [0.1, 0.15) is 0 Å². The molecule has 0 nitrogen and oxygen atoms in total. The van der Waals surface area contributed by atoms with Crippen molar-refractivity contribution >= 4 is 0 Å². The van der Waals surface area contributed by atoms with Gasteiger partial charge in [-0.05, 0) is 17.0 Å². The van der Waals surface area contributed by atoms with Gasteiger partial charge in [0, 0.05) is 0 Å². The van der Waals surface area contributed by atoms with Crippen molar-refractivity contribution in [1.29, 1.82) is 0 Å². The van der Waals surface area contributed by atoms with Crippen LogP contribution < -0.4 is 37.2 Å². The molecule has 0 radical (unpaired) electrons. The van der Waals surface area contributed by atoms with Gasteiger partial charge in [0.2, 0.25) is 0 Å². The van der Waals surface area contributed by atoms with E-state index in [-0.39, 0.29) is 64.9 Å². The van der Waals surface area contributed by atoms with Gasteiger partial charge in [-0.15, -0.1) is 5.56 Å². The van der Waals surface area contributed by atoms with Crippen molar-refractivity contribution in [3.8, 4) is 0 Å². The first-order valence-corrected chi connectivity index (χ1v) is 8.79. The van der Waals surface area contributed by atoms with Crippen molar-refractivity contribution < 1.29 is 58.9 Å². The van der Waals surface area contributed by atoms with E-state index in [1.807, 2.05) is 0 Å². The number of hydrogen-bond acceptors (Lipinski definition) is 0. The van der Waals surface area contributed by atoms with E-state index in [0.29, 0.717) is 0 Å². The number of halogens is 3. The summed E-state index contributed by atoms with van der Waals surface area (Å²) in [7, 11) is 0. The zero-order chi connectivity index (χ0) is 16.9. The van der Waals surface area contributed by atoms with Gasteiger partial charge in [0.15, 0.2) is 0 Å². The summed E-state index contributed by atoms with van der Waals surface area (Å²) < 4.78 is 0. The SMILES string of the molecule is [Cl-].[Cl-].[Cl-].[Ti+4].c1ccc(Cc2cc[c-](C(c3ccccc3)c3ccccc3)c2)cc1. The largest absolute Gasteiger partial charge is 4.00 e. The van der Waals surface area contributed by atoms with Gasteiger partial charge in [-0.1, -0.05) is 103 Å². The van der Waals surface area contributed by atoms with Gasteiger partial charge in [-0.2, -0.15) is 17.7 Å². The fraction of sp³-hybridized carbons (Fsp3) is 0.0800. The van der Waals surface area contributed by atoms with Crippen LogP contribution in [0.25, 0.3) is 0 Å². The quantitative estimate of drug-likeness (QED) is 0.216. The van der Waals surface area contributed by atoms with E-state index in [0.717, 1.165) is 6.42 Å². The standard InChI is InChI=1S/C25H21.3ClH.Ti/c1-4-10-20(11-5-1)18-21-16-17-24(19-21)25(22-12-6-2-7-13-22)23-14-8-3-9-15-23;;;;/h1-17,19,25H,18H2;3*1H;/q-1;;;;+4/p-3. The summed E-state index contributed by atoms with van der Waals surface area (Å²) in [6.45, 7) is 0. The smallest absolute Gasteiger partial charge is 1.00 e. The summed E-state index contributed by atoms with van der Waals surface area (Å²) >= 11 is 0. The van der Waals surface area contributed by atoms with Crippen molar-refractivity contribution in [3.63, 3.8) is 0 Å². The van der Waals surface area contributed by atoms with Crippen molar-refractivity contribution in [2.24, 2.45) is 0 Å². The van der Waals surface area contributed by atoms with Gasteiger partial charge in [-0.25, -0.2) is 6.07 Å². The molecule has 4 rings (SSSR count). The number of rotatable bonds is 5. The molecule has 4 heteroatoms. The van der Waals surface area contributed by atoms with Crippen molar-refractivity contribution in [2.45, 2.75) is 12.3 Å². The Kier molecular flexibility index (Phi) is 13.1. The Labute approximate surface area is 207 Å². The van der Waals surface area contributed by atoms with E-state index in [9.17, 15) is 0 Å². The van der Waals surface area contributed by atoms with Crippen molar-refractivity contribution in [1.82, 2.24) is 0 Å². The Hall–Kier alpha value is -1.41. The molecule has 0 saturated carbocycles. The molecule has 0 aromatic heterocycles. The normalized spacial score (nSPS) is 9.41. The average molecular weight is 476 g/mol. The molecular weight excluding hydrogens is 455 g/mol. The number of benzene rings is 3. The van der Waals surface area contributed by atoms with Crippen LogP contribution in [0.2, 0.25) is 0 Å². The zero-order valence-electron chi connectivity index (χ0n) is 15.8. The summed E-state index contributed by atoms with van der Waals surface area (Å²) in [5.41, 5.74) is 6.77. The number of hydrogen-bond donors (Lipinski definition) is 0. The van der Waals surface area contributed by atoms with Crippen LogP contribution in [-0.4, -0.2) is 0 Å². The second-order valence-electron chi connectivity index (χ2n) is 6.47. The third kappa shape index (κ3) is 7.10. The molecule has 0 N–H and O–H groups in total. The van der Waals surface area contributed by atoms with Crippen LogP contribution in [0.15, 0.2) is 109 Å². The van der Waals surface area contributed by atoms with Crippen LogP contribution in [0.4, 0.5) is 0 Å². The molecular formula is C25H21Cl3Ti. The van der Waals surface area contributed by atoms with E-state index < -0.39 is 0 Å². The topological polar surface area (TPSA) is 0 Å². The van der Waals surface area contributed by atoms with Gasteiger partial charge >= 0.3 is 21.7 Å². The van der Waals surface area contributed by atoms with E-state index >= 15 is 0 Å². The Morgan fingerprint density at radius 2 is 1.00 bits per heavy atom. The Morgan fingerprint density at radius 3 is 1.48 bits per heavy atom. The third-order valence-corrected chi connectivity index (χ3v) is 4.69. The summed E-state index contributed by atoms with van der Waals surface area (Å²) in [6, 6.07) is 39.1. The molecule has 0 fully saturated rings. The first kappa shape index (κ1) is 27.6. The first-order valence-electron chi connectivity index (χ1n) is 8.79. The third-order valence-electron chi connectivity index (χ3n) is 4.69. The Balaban J connectivity index is 0.00000196. The maximum atomic E-state index is 2.36. The molecule has 146 valence electrons. The van der Waals surface area contributed by atoms with Crippen LogP contribution in [-0.2, 0) is 28.1 Å². The fourth-order valence-corrected chi connectivity index (χ4v) is 3.50. The molecule has 4 aromatic carbocycles. The predicted octanol–water partition coefficient (Wildman–Crippen LogP) is -2.81. The van der Waals surface area contributed by atoms with E-state index in [1.54, 1.807) is 0 Å². The van der Waals surface area contributed by atoms with Crippen LogP contribution >= 0.6 is 0 Å². The van der Waals surface area contributed by atoms with E-state index in [2.05, 4.69) is 109 Å². The van der Waals surface area contributed by atoms with Gasteiger partial charge in [0.05, 0.1) is 0 Å². The minimum Gasteiger partial charge on any atom is -1.00 e. The molecule has 0 aliphatic heterocycles. The van der Waals surface area contributed by atoms with Crippen molar-refractivity contribution in [2.75, 3.05) is 0 Å². The molecule has 0 aliphatic carbocycles. The van der Waals surface area contributed by atoms with Crippen LogP contribution in [0.1, 0.15) is 33.7 Å². The molecule has 0 bridgehead atoms. The van der Waals surface area contributed by atoms with E-state index in [4.69, 9.17) is 0 Å². The maximum absolute atomic E-state index is 2.36. The molecule has 29 heavy (non-hydrogen) atoms. The van der Waals surface area contributed by atoms with Crippen molar-refractivity contribution in [3.05, 3.63) is 137 Å². The Morgan fingerprint density at radius 1 is 0.552 bits per heavy atom. The van der Waals surface area contributed by atoms with Crippen LogP contribution in [0.5, 0.6) is 0 Å². The minimum atomic E-state index is 0. The van der Waals surface area contributed by atoms with Gasteiger partial charge in [-0.3, -0.25) is 0 Å². The molecule has 0 amide bonds. The fourth-order valence-electron chi connectivity index (χ4n) is 3.50. The first-order chi connectivity index (χ1) is 12.4. The summed E-state index contributed by atoms with van der Waals surface area (Å²) in [6.07, 6.45) is 0.983. The molecule has 0 atom stereocenters. The molecule has 0 aliphatic rings. The second kappa shape index (κ2) is 13.8. The molecule has 0 saturated heterocycles. The van der Waals surface area contributed by atoms with Crippen LogP contribution in [0.3, 0.4) is 0 Å². The maximum Gasteiger partial charge on any atom is 4.00 e. The Bertz CT molecular complexity index is 882. The molecule has 0 unspecified atom stereocenters. The monoisotopic (exact) mass is 474 g/mol. The summed E-state index contributed by atoms with van der Waals surface area (Å²) in [5.74, 6) is 0.284. The van der Waals surface area contributed by atoms with Crippen LogP contribution in [0, 0.1) is 0 Å². The molecule has 0 heterocycles. The van der Waals surface area contributed by atoms with E-state index in [1.165, 1.54) is 27.8 Å².